The lowest BCUT2D eigenvalue weighted by atomic mass is 9.84. The number of nitrogens with one attached hydrogen (secondary N) is 4. The molecule has 1 fully saturated rings. The Labute approximate surface area is 349 Å². The van der Waals surface area contributed by atoms with Crippen LogP contribution >= 0.6 is 11.3 Å². The number of rotatable bonds is 22. The molecule has 320 valence electrons. The standard InChI is InChI=1S/C42H59FN10O5S/c1-3-25(2)35(44)40(58)52-33(23-28-16-18-29(43)19-17-28)41-53-34(24-59-41)39(57)51-32(22-27-13-8-5-9-14-27)38(56)49-30(15-10-20-48-42(46)47)37(55)50-31(36(45)54)21-26-11-6-4-7-12-26/h4,6-7,11-12,16-19,24-25,27,30-33,35H,3,5,8-10,13-15,20-23,44H2,1-2H3,(H2,45,54)(H,49,56)(H,50,55)(H,51,57)(H,52,58)(H4,46,47,48)/t25-,30+,31+,32+,33+,35+/m1/s1. The molecule has 4 rings (SSSR count). The lowest BCUT2D eigenvalue weighted by Gasteiger charge is -2.28. The maximum absolute atomic E-state index is 14.2. The molecule has 1 aliphatic carbocycles. The van der Waals surface area contributed by atoms with E-state index >= 15 is 0 Å². The predicted octanol–water partition coefficient (Wildman–Crippen LogP) is 2.88. The molecule has 6 atom stereocenters. The highest BCUT2D eigenvalue weighted by Crippen LogP contribution is 2.28. The van der Waals surface area contributed by atoms with Gasteiger partial charge in [-0.2, -0.15) is 0 Å². The zero-order chi connectivity index (χ0) is 42.9. The second kappa shape index (κ2) is 23.2. The van der Waals surface area contributed by atoms with Crippen molar-refractivity contribution in [3.8, 4) is 0 Å². The molecule has 1 aromatic heterocycles. The summed E-state index contributed by atoms with van der Waals surface area (Å²) >= 11 is 1.16. The fraction of sp³-hybridized carbons (Fsp3) is 0.500. The van der Waals surface area contributed by atoms with Crippen molar-refractivity contribution in [3.05, 3.63) is 87.6 Å². The zero-order valence-corrected chi connectivity index (χ0v) is 34.6. The van der Waals surface area contributed by atoms with E-state index in [9.17, 15) is 28.4 Å². The van der Waals surface area contributed by atoms with E-state index in [2.05, 4.69) is 31.2 Å². The molecule has 1 saturated carbocycles. The molecule has 0 bridgehead atoms. The second-order valence-corrected chi connectivity index (χ2v) is 16.2. The number of guanidine groups is 1. The SMILES string of the molecule is CC[C@@H](C)[C@H](N)C(=O)N[C@@H](Cc1ccc(F)cc1)c1nc(C(=O)N[C@@H](CC2CCCCC2)C(=O)N[C@@H](CCCN=C(N)N)C(=O)N[C@@H](Cc2ccccc2)C(N)=O)cs1. The Bertz CT molecular complexity index is 1870. The van der Waals surface area contributed by atoms with Gasteiger partial charge in [-0.15, -0.1) is 11.3 Å². The highest BCUT2D eigenvalue weighted by molar-refractivity contribution is 7.09. The molecule has 5 amide bonds. The van der Waals surface area contributed by atoms with Gasteiger partial charge in [0.15, 0.2) is 5.96 Å². The first-order chi connectivity index (χ1) is 28.2. The van der Waals surface area contributed by atoms with Crippen molar-refractivity contribution in [2.75, 3.05) is 6.54 Å². The average Bonchev–Trinajstić information content (AvgIpc) is 3.72. The topological polar surface area (TPSA) is 263 Å². The van der Waals surface area contributed by atoms with E-state index in [0.29, 0.717) is 24.3 Å². The highest BCUT2D eigenvalue weighted by atomic mass is 32.1. The number of carbonyl (C=O) groups is 5. The Morgan fingerprint density at radius 1 is 0.831 bits per heavy atom. The number of hydrogen-bond acceptors (Lipinski definition) is 9. The predicted molar refractivity (Wildman–Crippen MR) is 226 cm³/mol. The molecule has 2 aromatic carbocycles. The number of amides is 5. The molecule has 0 saturated heterocycles. The van der Waals surface area contributed by atoms with Crippen LogP contribution in [0.5, 0.6) is 0 Å². The molecule has 12 N–H and O–H groups in total. The minimum atomic E-state index is -1.12. The van der Waals surface area contributed by atoms with Crippen molar-refractivity contribution in [2.24, 2.45) is 39.8 Å². The third-order valence-electron chi connectivity index (χ3n) is 10.7. The molecule has 0 unspecified atom stereocenters. The van der Waals surface area contributed by atoms with Gasteiger partial charge < -0.3 is 44.2 Å². The van der Waals surface area contributed by atoms with Crippen molar-refractivity contribution < 1.29 is 28.4 Å². The molecule has 3 aromatic rings. The van der Waals surface area contributed by atoms with E-state index in [1.807, 2.05) is 44.2 Å². The van der Waals surface area contributed by atoms with Crippen LogP contribution in [0.15, 0.2) is 65.0 Å². The number of aliphatic imine (C=N–C) groups is 1. The van der Waals surface area contributed by atoms with Crippen LogP contribution in [-0.2, 0) is 32.0 Å². The first-order valence-corrected chi connectivity index (χ1v) is 21.2. The van der Waals surface area contributed by atoms with Crippen molar-refractivity contribution >= 4 is 46.8 Å². The number of hydrogen-bond donors (Lipinski definition) is 8. The van der Waals surface area contributed by atoms with Crippen LogP contribution in [0.4, 0.5) is 4.39 Å². The van der Waals surface area contributed by atoms with Crippen molar-refractivity contribution in [3.63, 3.8) is 0 Å². The van der Waals surface area contributed by atoms with Gasteiger partial charge >= 0.3 is 0 Å². The molecule has 0 radical (unpaired) electrons. The summed E-state index contributed by atoms with van der Waals surface area (Å²) in [4.78, 5) is 76.2. The van der Waals surface area contributed by atoms with E-state index in [1.165, 1.54) is 12.1 Å². The lowest BCUT2D eigenvalue weighted by molar-refractivity contribution is -0.132. The monoisotopic (exact) mass is 834 g/mol. The van der Waals surface area contributed by atoms with Crippen LogP contribution < -0.4 is 44.2 Å². The number of thiazole rings is 1. The fourth-order valence-corrected chi connectivity index (χ4v) is 7.85. The Kier molecular flexibility index (Phi) is 18.2. The van der Waals surface area contributed by atoms with Crippen LogP contribution in [0.2, 0.25) is 0 Å². The summed E-state index contributed by atoms with van der Waals surface area (Å²) in [5.41, 5.74) is 24.5. The quantitative estimate of drug-likeness (QED) is 0.0420. The van der Waals surface area contributed by atoms with Crippen LogP contribution in [-0.4, -0.2) is 71.2 Å². The minimum Gasteiger partial charge on any atom is -0.370 e. The van der Waals surface area contributed by atoms with Crippen LogP contribution in [0, 0.1) is 17.7 Å². The highest BCUT2D eigenvalue weighted by Gasteiger charge is 2.32. The van der Waals surface area contributed by atoms with Crippen molar-refractivity contribution in [1.29, 1.82) is 0 Å². The third-order valence-corrected chi connectivity index (χ3v) is 11.7. The van der Waals surface area contributed by atoms with Gasteiger partial charge in [0.05, 0.1) is 12.1 Å². The second-order valence-electron chi connectivity index (χ2n) is 15.3. The van der Waals surface area contributed by atoms with Gasteiger partial charge in [0.25, 0.3) is 5.91 Å². The Balaban J connectivity index is 1.56. The van der Waals surface area contributed by atoms with Crippen LogP contribution in [0.1, 0.15) is 104 Å². The smallest absolute Gasteiger partial charge is 0.271 e. The third kappa shape index (κ3) is 15.0. The summed E-state index contributed by atoms with van der Waals surface area (Å²) in [5, 5.41) is 13.4. The first kappa shape index (κ1) is 46.3. The number of aromatic nitrogens is 1. The van der Waals surface area contributed by atoms with Crippen molar-refractivity contribution in [1.82, 2.24) is 26.3 Å². The molecule has 1 aliphatic rings. The average molecular weight is 835 g/mol. The number of halogens is 1. The molecule has 0 aliphatic heterocycles. The number of benzene rings is 2. The maximum Gasteiger partial charge on any atom is 0.271 e. The summed E-state index contributed by atoms with van der Waals surface area (Å²) in [6.45, 7) is 4.01. The number of carbonyl (C=O) groups excluding carboxylic acids is 5. The van der Waals surface area contributed by atoms with Gasteiger partial charge in [-0.1, -0.05) is 94.8 Å². The number of nitrogens with zero attached hydrogens (tertiary/aromatic N) is 2. The van der Waals surface area contributed by atoms with Crippen LogP contribution in [0.3, 0.4) is 0 Å². The van der Waals surface area contributed by atoms with E-state index < -0.39 is 59.7 Å². The molecule has 15 nitrogen and oxygen atoms in total. The zero-order valence-electron chi connectivity index (χ0n) is 33.8. The van der Waals surface area contributed by atoms with Gasteiger partial charge in [0.1, 0.15) is 34.6 Å². The summed E-state index contributed by atoms with van der Waals surface area (Å²) in [6, 6.07) is 10.3. The maximum atomic E-state index is 14.2. The summed E-state index contributed by atoms with van der Waals surface area (Å²) in [5.74, 6) is -3.40. The molecular weight excluding hydrogens is 776 g/mol. The molecular formula is C42H59FN10O5S. The molecule has 0 spiro atoms. The molecule has 59 heavy (non-hydrogen) atoms. The Morgan fingerprint density at radius 3 is 2.12 bits per heavy atom. The van der Waals surface area contributed by atoms with Crippen LogP contribution in [0.25, 0.3) is 0 Å². The summed E-state index contributed by atoms with van der Waals surface area (Å²) in [7, 11) is 0. The number of nitrogens with two attached hydrogens (primary N) is 4. The van der Waals surface area contributed by atoms with Gasteiger partial charge in [0.2, 0.25) is 23.6 Å². The van der Waals surface area contributed by atoms with Gasteiger partial charge in [-0.3, -0.25) is 29.0 Å². The Hall–Kier alpha value is -5.42. The minimum absolute atomic E-state index is 0.0350. The molecule has 17 heteroatoms. The van der Waals surface area contributed by atoms with Gasteiger partial charge in [-0.05, 0) is 60.8 Å². The Morgan fingerprint density at radius 2 is 1.47 bits per heavy atom. The van der Waals surface area contributed by atoms with E-state index in [-0.39, 0.29) is 55.2 Å². The van der Waals surface area contributed by atoms with Gasteiger partial charge in [-0.25, -0.2) is 9.37 Å². The van der Waals surface area contributed by atoms with Crippen molar-refractivity contribution in [2.45, 2.75) is 115 Å². The normalized spacial score (nSPS) is 16.0. The van der Waals surface area contributed by atoms with Gasteiger partial charge in [0, 0.05) is 18.3 Å². The lowest BCUT2D eigenvalue weighted by Crippen LogP contribution is -2.57. The fourth-order valence-electron chi connectivity index (χ4n) is 7.00. The van der Waals surface area contributed by atoms with E-state index in [0.717, 1.165) is 54.6 Å². The summed E-state index contributed by atoms with van der Waals surface area (Å²) < 4.78 is 13.7. The first-order valence-electron chi connectivity index (χ1n) is 20.3. The molecule has 1 heterocycles. The van der Waals surface area contributed by atoms with E-state index in [1.54, 1.807) is 17.5 Å². The largest absolute Gasteiger partial charge is 0.370 e. The van der Waals surface area contributed by atoms with E-state index in [4.69, 9.17) is 22.9 Å². The summed E-state index contributed by atoms with van der Waals surface area (Å²) in [6.07, 6.45) is 6.69. The number of primary amides is 1.